The highest BCUT2D eigenvalue weighted by molar-refractivity contribution is 7.47. The number of cyclic esters (lactones) is 1. The number of carbonyl (C=O) groups is 2. The van der Waals surface area contributed by atoms with E-state index in [4.69, 9.17) is 18.9 Å². The normalized spacial score (nSPS) is 21.4. The average molecular weight is 537 g/mol. The van der Waals surface area contributed by atoms with Crippen molar-refractivity contribution in [2.24, 2.45) is 5.92 Å². The van der Waals surface area contributed by atoms with E-state index in [1.54, 1.807) is 0 Å². The molecule has 9 nitrogen and oxygen atoms in total. The van der Waals surface area contributed by atoms with Crippen LogP contribution in [-0.2, 0) is 27.9 Å². The van der Waals surface area contributed by atoms with E-state index in [0.717, 1.165) is 38.5 Å². The molecule has 0 aromatic heterocycles. The van der Waals surface area contributed by atoms with Gasteiger partial charge in [0.15, 0.2) is 6.10 Å². The highest BCUT2D eigenvalue weighted by Gasteiger charge is 2.50. The Labute approximate surface area is 216 Å². The van der Waals surface area contributed by atoms with Crippen molar-refractivity contribution >= 4 is 19.6 Å². The molecule has 0 spiro atoms. The number of unbranched alkanes of at least 4 members (excludes halogenated alkanes) is 12. The number of ether oxygens (including phenoxy) is 1. The van der Waals surface area contributed by atoms with E-state index in [-0.39, 0.29) is 12.5 Å². The van der Waals surface area contributed by atoms with Crippen molar-refractivity contribution in [3.63, 3.8) is 0 Å². The summed E-state index contributed by atoms with van der Waals surface area (Å²) in [5.74, 6) is -2.12. The van der Waals surface area contributed by atoms with Crippen LogP contribution in [0.25, 0.3) is 0 Å². The maximum atomic E-state index is 12.5. The lowest BCUT2D eigenvalue weighted by molar-refractivity contribution is -0.151. The minimum atomic E-state index is -4.72. The fourth-order valence-corrected chi connectivity index (χ4v) is 5.34. The van der Waals surface area contributed by atoms with Gasteiger partial charge < -0.3 is 19.8 Å². The molecule has 0 aromatic rings. The molecule has 0 aromatic carbocycles. The lowest BCUT2D eigenvalue weighted by atomic mass is 9.95. The van der Waals surface area contributed by atoms with Gasteiger partial charge in [0, 0.05) is 0 Å². The van der Waals surface area contributed by atoms with Crippen LogP contribution in [0.15, 0.2) is 0 Å². The maximum absolute atomic E-state index is 12.5. The SMILES string of the molecule is CCCCCCCCCCC(CCCCCCCC)COP(=O)(O)OC1C(=O)OC(C(O)CO)C1=O. The van der Waals surface area contributed by atoms with Crippen LogP contribution in [0, 0.1) is 5.92 Å². The number of phosphoric ester groups is 1. The van der Waals surface area contributed by atoms with Crippen molar-refractivity contribution in [1.82, 2.24) is 0 Å². The maximum Gasteiger partial charge on any atom is 0.473 e. The van der Waals surface area contributed by atoms with Gasteiger partial charge in [-0.3, -0.25) is 13.8 Å². The number of rotatable bonds is 23. The first-order valence-electron chi connectivity index (χ1n) is 13.9. The summed E-state index contributed by atoms with van der Waals surface area (Å²) in [5.41, 5.74) is 0. The van der Waals surface area contributed by atoms with E-state index in [9.17, 15) is 24.2 Å². The van der Waals surface area contributed by atoms with Crippen LogP contribution in [0.3, 0.4) is 0 Å². The number of ketones is 1. The number of hydrogen-bond acceptors (Lipinski definition) is 8. The number of hydrogen-bond donors (Lipinski definition) is 3. The third-order valence-corrected chi connectivity index (χ3v) is 7.63. The third kappa shape index (κ3) is 13.6. The molecule has 1 rings (SSSR count). The Morgan fingerprint density at radius 1 is 0.861 bits per heavy atom. The number of carbonyl (C=O) groups excluding carboxylic acids is 2. The van der Waals surface area contributed by atoms with E-state index in [0.29, 0.717) is 0 Å². The monoisotopic (exact) mass is 536 g/mol. The van der Waals surface area contributed by atoms with E-state index < -0.39 is 44.5 Å². The molecule has 1 heterocycles. The summed E-state index contributed by atoms with van der Waals surface area (Å²) in [4.78, 5) is 34.3. The summed E-state index contributed by atoms with van der Waals surface area (Å²) in [6.07, 6.45) is 13.1. The van der Waals surface area contributed by atoms with Crippen LogP contribution in [-0.4, -0.2) is 58.4 Å². The predicted octanol–water partition coefficient (Wildman–Crippen LogP) is 5.23. The lowest BCUT2D eigenvalue weighted by Gasteiger charge is -2.20. The Bertz CT molecular complexity index is 657. The zero-order valence-corrected chi connectivity index (χ0v) is 23.2. The topological polar surface area (TPSA) is 140 Å². The Morgan fingerprint density at radius 2 is 1.33 bits per heavy atom. The Hall–Kier alpha value is -0.830. The minimum Gasteiger partial charge on any atom is -0.449 e. The summed E-state index contributed by atoms with van der Waals surface area (Å²) in [7, 11) is -4.72. The molecule has 5 atom stereocenters. The molecule has 10 heteroatoms. The lowest BCUT2D eigenvalue weighted by Crippen LogP contribution is -2.37. The molecular weight excluding hydrogens is 487 g/mol. The van der Waals surface area contributed by atoms with Crippen LogP contribution in [0.1, 0.15) is 117 Å². The van der Waals surface area contributed by atoms with Gasteiger partial charge in [-0.25, -0.2) is 9.36 Å². The highest BCUT2D eigenvalue weighted by atomic mass is 31.2. The highest BCUT2D eigenvalue weighted by Crippen LogP contribution is 2.46. The smallest absolute Gasteiger partial charge is 0.449 e. The summed E-state index contributed by atoms with van der Waals surface area (Å²) < 4.78 is 27.2. The van der Waals surface area contributed by atoms with Crippen LogP contribution in [0.4, 0.5) is 0 Å². The summed E-state index contributed by atoms with van der Waals surface area (Å²) in [5, 5.41) is 18.6. The molecule has 36 heavy (non-hydrogen) atoms. The van der Waals surface area contributed by atoms with Gasteiger partial charge in [0.2, 0.25) is 11.9 Å². The van der Waals surface area contributed by atoms with Crippen molar-refractivity contribution < 1.29 is 43.0 Å². The van der Waals surface area contributed by atoms with Gasteiger partial charge in [-0.2, -0.15) is 0 Å². The Balaban J connectivity index is 2.52. The summed E-state index contributed by atoms with van der Waals surface area (Å²) in [6.45, 7) is 3.58. The minimum absolute atomic E-state index is 0.00209. The van der Waals surface area contributed by atoms with Gasteiger partial charge >= 0.3 is 13.8 Å². The van der Waals surface area contributed by atoms with Crippen molar-refractivity contribution in [2.75, 3.05) is 13.2 Å². The predicted molar refractivity (Wildman–Crippen MR) is 137 cm³/mol. The van der Waals surface area contributed by atoms with Gasteiger partial charge in [0.05, 0.1) is 13.2 Å². The largest absolute Gasteiger partial charge is 0.473 e. The van der Waals surface area contributed by atoms with Gasteiger partial charge in [0.1, 0.15) is 6.10 Å². The van der Waals surface area contributed by atoms with Crippen LogP contribution in [0.5, 0.6) is 0 Å². The van der Waals surface area contributed by atoms with E-state index in [2.05, 4.69) is 13.8 Å². The molecule has 1 fully saturated rings. The molecule has 5 unspecified atom stereocenters. The van der Waals surface area contributed by atoms with Gasteiger partial charge in [-0.05, 0) is 18.8 Å². The number of Topliss-reactive ketones (excluding diaryl/α,β-unsaturated/α-hetero) is 1. The molecule has 0 amide bonds. The fourth-order valence-electron chi connectivity index (χ4n) is 4.42. The number of aliphatic hydroxyl groups is 2. The Morgan fingerprint density at radius 3 is 1.81 bits per heavy atom. The first-order chi connectivity index (χ1) is 17.3. The molecule has 0 radical (unpaired) electrons. The second-order valence-electron chi connectivity index (χ2n) is 9.95. The number of phosphoric acid groups is 1. The van der Waals surface area contributed by atoms with Crippen LogP contribution in [0.2, 0.25) is 0 Å². The molecule has 0 saturated carbocycles. The number of esters is 1. The molecule has 3 N–H and O–H groups in total. The first kappa shape index (κ1) is 33.2. The first-order valence-corrected chi connectivity index (χ1v) is 15.4. The molecule has 1 aliphatic heterocycles. The van der Waals surface area contributed by atoms with Crippen molar-refractivity contribution in [2.45, 2.75) is 135 Å². The van der Waals surface area contributed by atoms with Crippen molar-refractivity contribution in [3.8, 4) is 0 Å². The van der Waals surface area contributed by atoms with Crippen LogP contribution >= 0.6 is 7.82 Å². The zero-order chi connectivity index (χ0) is 26.8. The van der Waals surface area contributed by atoms with Crippen molar-refractivity contribution in [3.05, 3.63) is 0 Å². The second-order valence-corrected chi connectivity index (χ2v) is 11.4. The van der Waals surface area contributed by atoms with Gasteiger partial charge in [-0.1, -0.05) is 104 Å². The molecule has 0 bridgehead atoms. The molecule has 1 saturated heterocycles. The summed E-state index contributed by atoms with van der Waals surface area (Å²) in [6, 6.07) is 0. The molecule has 212 valence electrons. The Kier molecular flexibility index (Phi) is 17.8. The van der Waals surface area contributed by atoms with Crippen molar-refractivity contribution in [1.29, 1.82) is 0 Å². The standard InChI is InChI=1S/C26H49O9P/c1-3-5-7-9-11-12-14-16-18-21(17-15-13-10-8-6-4-2)20-33-36(31,32)35-25-23(29)24(22(28)19-27)34-26(25)30/h21-22,24-25,27-28H,3-20H2,1-2H3,(H,31,32). The average Bonchev–Trinajstić information content (AvgIpc) is 3.13. The van der Waals surface area contributed by atoms with Crippen LogP contribution < -0.4 is 0 Å². The summed E-state index contributed by atoms with van der Waals surface area (Å²) >= 11 is 0. The zero-order valence-electron chi connectivity index (χ0n) is 22.3. The second kappa shape index (κ2) is 19.3. The molecular formula is C26H49O9P. The van der Waals surface area contributed by atoms with Gasteiger partial charge in [0.25, 0.3) is 0 Å². The third-order valence-electron chi connectivity index (χ3n) is 6.68. The molecule has 0 aliphatic carbocycles. The molecule has 1 aliphatic rings. The fraction of sp³-hybridized carbons (Fsp3) is 0.923. The quantitative estimate of drug-likeness (QED) is 0.0692. The van der Waals surface area contributed by atoms with Gasteiger partial charge in [-0.15, -0.1) is 0 Å². The van der Waals surface area contributed by atoms with E-state index >= 15 is 0 Å². The van der Waals surface area contributed by atoms with E-state index in [1.165, 1.54) is 64.2 Å². The van der Waals surface area contributed by atoms with E-state index in [1.807, 2.05) is 0 Å². The number of aliphatic hydroxyl groups excluding tert-OH is 2.